The molecule has 3 aromatic rings. The van der Waals surface area contributed by atoms with Gasteiger partial charge in [0.25, 0.3) is 0 Å². The van der Waals surface area contributed by atoms with Crippen LogP contribution < -0.4 is 4.90 Å². The van der Waals surface area contributed by atoms with E-state index in [0.29, 0.717) is 22.7 Å². The summed E-state index contributed by atoms with van der Waals surface area (Å²) in [6.45, 7) is 1.97. The van der Waals surface area contributed by atoms with Crippen molar-refractivity contribution in [3.8, 4) is 0 Å². The van der Waals surface area contributed by atoms with Crippen LogP contribution in [0.4, 0.5) is 17.1 Å². The number of pyridine rings is 1. The zero-order chi connectivity index (χ0) is 18.0. The molecule has 0 aliphatic carbocycles. The summed E-state index contributed by atoms with van der Waals surface area (Å²) in [5.74, 6) is -0.903. The Morgan fingerprint density at radius 2 is 1.92 bits per heavy atom. The van der Waals surface area contributed by atoms with E-state index in [9.17, 15) is 9.90 Å². The van der Waals surface area contributed by atoms with Crippen LogP contribution in [0.1, 0.15) is 22.2 Å². The Bertz CT molecular complexity index is 949. The summed E-state index contributed by atoms with van der Waals surface area (Å²) in [6.07, 6.45) is 3.96. The molecule has 3 rings (SSSR count). The SMILES string of the molecule is CCc1c(C(=O)O)sc2c(/N=N/c3ccncc3)ccc(N(C)C)c12. The number of aromatic carboxylic acids is 1. The number of azo groups is 1. The van der Waals surface area contributed by atoms with E-state index >= 15 is 0 Å². The summed E-state index contributed by atoms with van der Waals surface area (Å²) in [6, 6.07) is 7.37. The van der Waals surface area contributed by atoms with Gasteiger partial charge in [0.05, 0.1) is 10.4 Å². The first kappa shape index (κ1) is 17.0. The molecule has 0 spiro atoms. The van der Waals surface area contributed by atoms with Crippen molar-refractivity contribution in [3.05, 3.63) is 47.1 Å². The molecule has 25 heavy (non-hydrogen) atoms. The topological polar surface area (TPSA) is 78.1 Å². The second-order valence-electron chi connectivity index (χ2n) is 5.68. The van der Waals surface area contributed by atoms with Gasteiger partial charge in [0.1, 0.15) is 10.6 Å². The third-order valence-corrected chi connectivity index (χ3v) is 5.10. The van der Waals surface area contributed by atoms with E-state index in [1.807, 2.05) is 38.1 Å². The van der Waals surface area contributed by atoms with E-state index < -0.39 is 5.97 Å². The number of aromatic nitrogens is 1. The van der Waals surface area contributed by atoms with Crippen LogP contribution in [-0.2, 0) is 6.42 Å². The zero-order valence-electron chi connectivity index (χ0n) is 14.2. The average molecular weight is 354 g/mol. The van der Waals surface area contributed by atoms with Gasteiger partial charge >= 0.3 is 5.97 Å². The van der Waals surface area contributed by atoms with E-state index in [1.165, 1.54) is 11.3 Å². The molecule has 0 aliphatic heterocycles. The monoisotopic (exact) mass is 354 g/mol. The lowest BCUT2D eigenvalue weighted by atomic mass is 10.1. The van der Waals surface area contributed by atoms with Crippen molar-refractivity contribution in [3.63, 3.8) is 0 Å². The van der Waals surface area contributed by atoms with Crippen molar-refractivity contribution in [1.82, 2.24) is 4.98 Å². The number of fused-ring (bicyclic) bond motifs is 1. The minimum absolute atomic E-state index is 0.368. The number of anilines is 1. The molecule has 0 saturated heterocycles. The molecule has 0 bridgehead atoms. The van der Waals surface area contributed by atoms with Gasteiger partial charge in [-0.1, -0.05) is 6.92 Å². The summed E-state index contributed by atoms with van der Waals surface area (Å²) in [7, 11) is 3.90. The normalized spacial score (nSPS) is 11.3. The molecule has 0 atom stereocenters. The number of rotatable bonds is 5. The van der Waals surface area contributed by atoms with Crippen molar-refractivity contribution in [2.75, 3.05) is 19.0 Å². The third kappa shape index (κ3) is 3.23. The number of aryl methyl sites for hydroxylation is 1. The van der Waals surface area contributed by atoms with Gasteiger partial charge in [-0.25, -0.2) is 4.79 Å². The first-order valence-corrected chi connectivity index (χ1v) is 8.65. The van der Waals surface area contributed by atoms with Gasteiger partial charge in [-0.3, -0.25) is 4.98 Å². The molecule has 6 nitrogen and oxygen atoms in total. The van der Waals surface area contributed by atoms with Crippen molar-refractivity contribution >= 4 is 44.5 Å². The molecule has 1 aromatic carbocycles. The Morgan fingerprint density at radius 3 is 2.52 bits per heavy atom. The number of nitrogens with zero attached hydrogens (tertiary/aromatic N) is 4. The van der Waals surface area contributed by atoms with Crippen molar-refractivity contribution in [2.24, 2.45) is 10.2 Å². The first-order valence-electron chi connectivity index (χ1n) is 7.83. The third-order valence-electron chi connectivity index (χ3n) is 3.86. The summed E-state index contributed by atoms with van der Waals surface area (Å²) in [4.78, 5) is 18.0. The van der Waals surface area contributed by atoms with Crippen molar-refractivity contribution in [1.29, 1.82) is 0 Å². The van der Waals surface area contributed by atoms with E-state index in [2.05, 4.69) is 15.2 Å². The predicted molar refractivity (Wildman–Crippen MR) is 101 cm³/mol. The number of benzene rings is 1. The highest BCUT2D eigenvalue weighted by atomic mass is 32.1. The van der Waals surface area contributed by atoms with Crippen LogP contribution in [0.2, 0.25) is 0 Å². The number of carboxylic acid groups (broad SMARTS) is 1. The Kier molecular flexibility index (Phi) is 4.76. The summed E-state index contributed by atoms with van der Waals surface area (Å²) in [5, 5.41) is 19.1. The van der Waals surface area contributed by atoms with Gasteiger partial charge in [-0.2, -0.15) is 5.11 Å². The molecule has 0 fully saturated rings. The van der Waals surface area contributed by atoms with Crippen molar-refractivity contribution < 1.29 is 9.90 Å². The largest absolute Gasteiger partial charge is 0.477 e. The maximum Gasteiger partial charge on any atom is 0.346 e. The van der Waals surface area contributed by atoms with E-state index in [1.54, 1.807) is 24.5 Å². The number of hydrogen-bond donors (Lipinski definition) is 1. The van der Waals surface area contributed by atoms with Crippen LogP contribution in [0.5, 0.6) is 0 Å². The van der Waals surface area contributed by atoms with Crippen LogP contribution >= 0.6 is 11.3 Å². The van der Waals surface area contributed by atoms with Gasteiger partial charge in [-0.15, -0.1) is 16.5 Å². The maximum absolute atomic E-state index is 11.7. The quantitative estimate of drug-likeness (QED) is 0.651. The highest BCUT2D eigenvalue weighted by Gasteiger charge is 2.21. The molecule has 0 saturated carbocycles. The fraction of sp³-hybridized carbons (Fsp3) is 0.222. The maximum atomic E-state index is 11.7. The second-order valence-corrected chi connectivity index (χ2v) is 6.70. The van der Waals surface area contributed by atoms with E-state index in [0.717, 1.165) is 21.3 Å². The van der Waals surface area contributed by atoms with Gasteiger partial charge < -0.3 is 10.0 Å². The fourth-order valence-electron chi connectivity index (χ4n) is 2.72. The van der Waals surface area contributed by atoms with E-state index in [4.69, 9.17) is 0 Å². The minimum Gasteiger partial charge on any atom is -0.477 e. The molecule has 0 amide bonds. The first-order chi connectivity index (χ1) is 12.0. The van der Waals surface area contributed by atoms with Gasteiger partial charge in [-0.05, 0) is 36.2 Å². The molecule has 0 aliphatic rings. The highest BCUT2D eigenvalue weighted by Crippen LogP contribution is 2.43. The minimum atomic E-state index is -0.903. The number of carboxylic acids is 1. The Morgan fingerprint density at radius 1 is 1.20 bits per heavy atom. The van der Waals surface area contributed by atoms with Gasteiger partial charge in [0.15, 0.2) is 0 Å². The van der Waals surface area contributed by atoms with Crippen molar-refractivity contribution in [2.45, 2.75) is 13.3 Å². The molecule has 0 radical (unpaired) electrons. The lowest BCUT2D eigenvalue weighted by Crippen LogP contribution is -2.09. The second kappa shape index (κ2) is 6.98. The fourth-order valence-corrected chi connectivity index (χ4v) is 3.92. The molecular formula is C18H18N4O2S. The van der Waals surface area contributed by atoms with Crippen LogP contribution in [0.25, 0.3) is 10.1 Å². The van der Waals surface area contributed by atoms with Crippen LogP contribution in [0.3, 0.4) is 0 Å². The molecule has 0 unspecified atom stereocenters. The molecule has 2 aromatic heterocycles. The molecule has 7 heteroatoms. The number of hydrogen-bond acceptors (Lipinski definition) is 6. The summed E-state index contributed by atoms with van der Waals surface area (Å²) < 4.78 is 0.846. The van der Waals surface area contributed by atoms with Gasteiger partial charge in [0, 0.05) is 37.6 Å². The lowest BCUT2D eigenvalue weighted by Gasteiger charge is -2.15. The van der Waals surface area contributed by atoms with Crippen LogP contribution in [0, 0.1) is 0 Å². The Balaban J connectivity index is 2.22. The summed E-state index contributed by atoms with van der Waals surface area (Å²) in [5.41, 5.74) is 3.20. The predicted octanol–water partition coefficient (Wildman–Crippen LogP) is 5.04. The molecule has 1 N–H and O–H groups in total. The average Bonchev–Trinajstić information content (AvgIpc) is 3.00. The standard InChI is InChI=1S/C18H18N4O2S/c1-4-12-15-14(22(2)3)6-5-13(17(15)25-16(12)18(23)24)21-20-11-7-9-19-10-8-11/h5-10H,4H2,1-3H3,(H,23,24)/b21-20+. The number of thiophene rings is 1. The zero-order valence-corrected chi connectivity index (χ0v) is 15.0. The lowest BCUT2D eigenvalue weighted by molar-refractivity contribution is 0.0701. The van der Waals surface area contributed by atoms with Crippen LogP contribution in [0.15, 0.2) is 46.9 Å². The van der Waals surface area contributed by atoms with Crippen LogP contribution in [-0.4, -0.2) is 30.2 Å². The Hall–Kier alpha value is -2.80. The molecular weight excluding hydrogens is 336 g/mol. The highest BCUT2D eigenvalue weighted by molar-refractivity contribution is 7.21. The molecule has 2 heterocycles. The Labute approximate surface area is 149 Å². The smallest absolute Gasteiger partial charge is 0.346 e. The van der Waals surface area contributed by atoms with Gasteiger partial charge in [0.2, 0.25) is 0 Å². The number of carbonyl (C=O) groups is 1. The summed E-state index contributed by atoms with van der Waals surface area (Å²) >= 11 is 1.26. The molecule has 128 valence electrons. The van der Waals surface area contributed by atoms with E-state index in [-0.39, 0.29) is 0 Å².